The number of nitrogens with zero attached hydrogens (tertiary/aromatic N) is 6. The fraction of sp³-hybridized carbons (Fsp3) is 0.476. The predicted octanol–water partition coefficient (Wildman–Crippen LogP) is 2.29. The van der Waals surface area contributed by atoms with E-state index >= 15 is 0 Å². The summed E-state index contributed by atoms with van der Waals surface area (Å²) in [4.78, 5) is 18.8. The van der Waals surface area contributed by atoms with E-state index in [1.54, 1.807) is 0 Å². The van der Waals surface area contributed by atoms with E-state index in [1.165, 1.54) is 0 Å². The smallest absolute Gasteiger partial charge is 0.320 e. The second kappa shape index (κ2) is 9.55. The molecule has 0 spiro atoms. The van der Waals surface area contributed by atoms with Crippen LogP contribution in [0.5, 0.6) is 0 Å². The summed E-state index contributed by atoms with van der Waals surface area (Å²) in [6, 6.07) is 10.2. The highest BCUT2D eigenvalue weighted by Crippen LogP contribution is 2.19. The Morgan fingerprint density at radius 1 is 1.07 bits per heavy atom. The number of rotatable bonds is 5. The minimum atomic E-state index is 0.121. The van der Waals surface area contributed by atoms with E-state index in [-0.39, 0.29) is 6.03 Å². The number of allylic oxidation sites excluding steroid dienone is 1. The number of hydrogen-bond acceptors (Lipinski definition) is 5. The maximum Gasteiger partial charge on any atom is 0.320 e. The second-order valence-electron chi connectivity index (χ2n) is 7.50. The zero-order valence-electron chi connectivity index (χ0n) is 17.2. The average molecular weight is 429 g/mol. The topological polar surface area (TPSA) is 58.8 Å². The highest BCUT2D eigenvalue weighted by molar-refractivity contribution is 7.71. The number of ether oxygens (including phenoxy) is 1. The highest BCUT2D eigenvalue weighted by atomic mass is 32.1. The van der Waals surface area contributed by atoms with Gasteiger partial charge in [0, 0.05) is 51.4 Å². The molecule has 30 heavy (non-hydrogen) atoms. The molecule has 0 saturated carbocycles. The van der Waals surface area contributed by atoms with E-state index in [2.05, 4.69) is 11.5 Å². The standard InChI is InChI=1S/C21H28N6O2S/c1-2-8-26-19(18-6-4-3-5-7-18)22-27(21(26)30)17-23-9-11-24(12-10-23)20(28)25-13-15-29-16-14-25/h2-7H,1,8-17H2. The molecule has 0 atom stereocenters. The normalized spacial score (nSPS) is 17.9. The van der Waals surface area contributed by atoms with Crippen molar-refractivity contribution in [1.29, 1.82) is 0 Å². The van der Waals surface area contributed by atoms with Crippen LogP contribution in [-0.4, -0.2) is 87.6 Å². The summed E-state index contributed by atoms with van der Waals surface area (Å²) in [5.41, 5.74) is 1.03. The summed E-state index contributed by atoms with van der Waals surface area (Å²) in [5.74, 6) is 0.849. The first-order valence-electron chi connectivity index (χ1n) is 10.4. The Hall–Kier alpha value is -2.49. The van der Waals surface area contributed by atoms with Gasteiger partial charge in [-0.05, 0) is 12.2 Å². The van der Waals surface area contributed by atoms with Gasteiger partial charge in [-0.3, -0.25) is 9.47 Å². The molecule has 160 valence electrons. The molecule has 0 aliphatic carbocycles. The van der Waals surface area contributed by atoms with Crippen LogP contribution in [0.1, 0.15) is 0 Å². The average Bonchev–Trinajstić information content (AvgIpc) is 3.10. The molecule has 0 N–H and O–H groups in total. The number of carbonyl (C=O) groups excluding carboxylic acids is 1. The molecule has 2 amide bonds. The minimum Gasteiger partial charge on any atom is -0.378 e. The Bertz CT molecular complexity index is 927. The molecule has 0 unspecified atom stereocenters. The Morgan fingerprint density at radius 3 is 2.40 bits per heavy atom. The van der Waals surface area contributed by atoms with E-state index in [0.717, 1.165) is 24.5 Å². The third-order valence-electron chi connectivity index (χ3n) is 5.52. The maximum atomic E-state index is 12.7. The molecule has 0 bridgehead atoms. The molecular weight excluding hydrogens is 400 g/mol. The van der Waals surface area contributed by atoms with Gasteiger partial charge >= 0.3 is 6.03 Å². The van der Waals surface area contributed by atoms with E-state index < -0.39 is 0 Å². The zero-order chi connectivity index (χ0) is 20.9. The Morgan fingerprint density at radius 2 is 1.73 bits per heavy atom. The van der Waals surface area contributed by atoms with Crippen LogP contribution in [-0.2, 0) is 18.0 Å². The summed E-state index contributed by atoms with van der Waals surface area (Å²) in [5, 5.41) is 4.80. The van der Waals surface area contributed by atoms with Gasteiger partial charge in [-0.1, -0.05) is 36.4 Å². The molecule has 9 heteroatoms. The van der Waals surface area contributed by atoms with Gasteiger partial charge in [0.15, 0.2) is 10.6 Å². The fourth-order valence-electron chi connectivity index (χ4n) is 3.85. The first kappa shape index (κ1) is 20.8. The number of piperazine rings is 1. The molecule has 8 nitrogen and oxygen atoms in total. The van der Waals surface area contributed by atoms with Crippen LogP contribution in [0.25, 0.3) is 11.4 Å². The SMILES string of the molecule is C=CCn1c(-c2ccccc2)nn(CN2CCN(C(=O)N3CCOCC3)CC2)c1=S. The number of aromatic nitrogens is 3. The summed E-state index contributed by atoms with van der Waals surface area (Å²) >= 11 is 5.70. The highest BCUT2D eigenvalue weighted by Gasteiger charge is 2.26. The largest absolute Gasteiger partial charge is 0.378 e. The van der Waals surface area contributed by atoms with Crippen LogP contribution >= 0.6 is 12.2 Å². The molecule has 2 saturated heterocycles. The Kier molecular flexibility index (Phi) is 6.61. The van der Waals surface area contributed by atoms with Gasteiger partial charge in [0.2, 0.25) is 0 Å². The van der Waals surface area contributed by atoms with Crippen LogP contribution in [0.3, 0.4) is 0 Å². The van der Waals surface area contributed by atoms with E-state index in [1.807, 2.05) is 55.5 Å². The molecule has 2 aliphatic rings. The fourth-order valence-corrected chi connectivity index (χ4v) is 4.11. The lowest BCUT2D eigenvalue weighted by atomic mass is 10.2. The third-order valence-corrected chi connectivity index (χ3v) is 5.96. The third kappa shape index (κ3) is 4.48. The number of benzene rings is 1. The van der Waals surface area contributed by atoms with Crippen LogP contribution in [0.15, 0.2) is 43.0 Å². The van der Waals surface area contributed by atoms with Gasteiger partial charge in [0.1, 0.15) is 0 Å². The molecule has 2 aliphatic heterocycles. The minimum absolute atomic E-state index is 0.121. The lowest BCUT2D eigenvalue weighted by molar-refractivity contribution is 0.0354. The van der Waals surface area contributed by atoms with Gasteiger partial charge in [0.25, 0.3) is 0 Å². The Balaban J connectivity index is 1.42. The molecule has 2 aromatic rings. The summed E-state index contributed by atoms with van der Waals surface area (Å²) in [7, 11) is 0. The van der Waals surface area contributed by atoms with Crippen LogP contribution < -0.4 is 0 Å². The van der Waals surface area contributed by atoms with Gasteiger partial charge in [-0.25, -0.2) is 9.48 Å². The lowest BCUT2D eigenvalue weighted by Gasteiger charge is -2.38. The summed E-state index contributed by atoms with van der Waals surface area (Å²) in [6.45, 7) is 10.7. The van der Waals surface area contributed by atoms with Crippen molar-refractivity contribution in [2.45, 2.75) is 13.2 Å². The van der Waals surface area contributed by atoms with Gasteiger partial charge < -0.3 is 14.5 Å². The first-order valence-corrected chi connectivity index (χ1v) is 10.8. The number of hydrogen-bond donors (Lipinski definition) is 0. The van der Waals surface area contributed by atoms with Gasteiger partial charge in [-0.2, -0.15) is 5.10 Å². The molecule has 1 aromatic heterocycles. The van der Waals surface area contributed by atoms with E-state index in [4.69, 9.17) is 22.1 Å². The predicted molar refractivity (Wildman–Crippen MR) is 118 cm³/mol. The first-order chi connectivity index (χ1) is 14.7. The van der Waals surface area contributed by atoms with Crippen molar-refractivity contribution in [3.63, 3.8) is 0 Å². The zero-order valence-corrected chi connectivity index (χ0v) is 18.0. The Labute approximate surface area is 181 Å². The van der Waals surface area contributed by atoms with E-state index in [9.17, 15) is 4.79 Å². The molecule has 1 aromatic carbocycles. The molecular formula is C21H28N6O2S. The number of morpholine rings is 1. The van der Waals surface area contributed by atoms with Crippen LogP contribution in [0.4, 0.5) is 4.79 Å². The lowest BCUT2D eigenvalue weighted by Crippen LogP contribution is -2.54. The summed E-state index contributed by atoms with van der Waals surface area (Å²) in [6.07, 6.45) is 1.84. The van der Waals surface area contributed by atoms with Crippen molar-refractivity contribution in [2.75, 3.05) is 52.5 Å². The molecule has 3 heterocycles. The van der Waals surface area contributed by atoms with Gasteiger partial charge in [-0.15, -0.1) is 6.58 Å². The van der Waals surface area contributed by atoms with Crippen LogP contribution in [0.2, 0.25) is 0 Å². The number of carbonyl (C=O) groups is 1. The van der Waals surface area contributed by atoms with Crippen LogP contribution in [0, 0.1) is 4.77 Å². The van der Waals surface area contributed by atoms with Crippen molar-refractivity contribution >= 4 is 18.2 Å². The maximum absolute atomic E-state index is 12.7. The summed E-state index contributed by atoms with van der Waals surface area (Å²) < 4.78 is 9.91. The number of amides is 2. The quantitative estimate of drug-likeness (QED) is 0.540. The monoisotopic (exact) mass is 428 g/mol. The van der Waals surface area contributed by atoms with Crippen molar-refractivity contribution in [3.8, 4) is 11.4 Å². The van der Waals surface area contributed by atoms with Gasteiger partial charge in [0.05, 0.1) is 19.9 Å². The molecule has 4 rings (SSSR count). The van der Waals surface area contributed by atoms with E-state index in [0.29, 0.717) is 57.4 Å². The van der Waals surface area contributed by atoms with Crippen molar-refractivity contribution in [3.05, 3.63) is 47.8 Å². The number of urea groups is 1. The molecule has 0 radical (unpaired) electrons. The van der Waals surface area contributed by atoms with Crippen molar-refractivity contribution in [2.24, 2.45) is 0 Å². The molecule has 2 fully saturated rings. The second-order valence-corrected chi connectivity index (χ2v) is 7.86. The van der Waals surface area contributed by atoms with Crippen molar-refractivity contribution in [1.82, 2.24) is 29.0 Å². The van der Waals surface area contributed by atoms with Crippen molar-refractivity contribution < 1.29 is 9.53 Å².